The van der Waals surface area contributed by atoms with E-state index in [-0.39, 0.29) is 12.3 Å². The van der Waals surface area contributed by atoms with Crippen LogP contribution in [-0.2, 0) is 11.2 Å². The molecule has 7 nitrogen and oxygen atoms in total. The van der Waals surface area contributed by atoms with Gasteiger partial charge in [-0.15, -0.1) is 0 Å². The lowest BCUT2D eigenvalue weighted by atomic mass is 10.1. The van der Waals surface area contributed by atoms with Crippen molar-refractivity contribution in [2.24, 2.45) is 0 Å². The van der Waals surface area contributed by atoms with Crippen molar-refractivity contribution >= 4 is 17.5 Å². The molecule has 0 saturated heterocycles. The minimum Gasteiger partial charge on any atom is -0.441 e. The van der Waals surface area contributed by atoms with E-state index in [1.165, 1.54) is 0 Å². The molecule has 0 fully saturated rings. The zero-order valence-electron chi connectivity index (χ0n) is 16.3. The fourth-order valence-corrected chi connectivity index (χ4v) is 3.33. The van der Waals surface area contributed by atoms with E-state index in [0.717, 1.165) is 11.1 Å². The first kappa shape index (κ1) is 19.8. The Hall–Kier alpha value is -3.45. The highest BCUT2D eigenvalue weighted by Gasteiger charge is 2.21. The summed E-state index contributed by atoms with van der Waals surface area (Å²) in [5.74, 6) is 2.11. The second kappa shape index (κ2) is 8.92. The van der Waals surface area contributed by atoms with Gasteiger partial charge in [-0.3, -0.25) is 9.89 Å². The Morgan fingerprint density at radius 2 is 1.93 bits per heavy atom. The lowest BCUT2D eigenvalue weighted by Crippen LogP contribution is -2.30. The number of amides is 1. The van der Waals surface area contributed by atoms with Gasteiger partial charge < -0.3 is 9.73 Å². The minimum atomic E-state index is -0.438. The van der Waals surface area contributed by atoms with E-state index in [4.69, 9.17) is 16.0 Å². The van der Waals surface area contributed by atoms with E-state index < -0.39 is 6.04 Å². The standard InChI is InChI=1S/C22H20ClN5O2/c1-14-25-22(28-27-14)21(15-7-3-2-4-8-15)26-19(29)11-12-20-24-13-18(30-20)16-9-5-6-10-17(16)23/h2-10,13,21H,11-12H2,1H3,(H,26,29)(H,25,27,28). The third kappa shape index (κ3) is 4.58. The first-order valence-corrected chi connectivity index (χ1v) is 9.91. The van der Waals surface area contributed by atoms with Crippen LogP contribution in [0.4, 0.5) is 0 Å². The Balaban J connectivity index is 1.43. The highest BCUT2D eigenvalue weighted by molar-refractivity contribution is 6.33. The van der Waals surface area contributed by atoms with Crippen LogP contribution in [0.25, 0.3) is 11.3 Å². The first-order valence-electron chi connectivity index (χ1n) is 9.53. The topological polar surface area (TPSA) is 96.7 Å². The fourth-order valence-electron chi connectivity index (χ4n) is 3.10. The zero-order chi connectivity index (χ0) is 20.9. The fraction of sp³-hybridized carbons (Fsp3) is 0.182. The predicted octanol–water partition coefficient (Wildman–Crippen LogP) is 4.26. The summed E-state index contributed by atoms with van der Waals surface area (Å²) in [6.45, 7) is 1.82. The number of hydrogen-bond donors (Lipinski definition) is 2. The molecule has 0 spiro atoms. The number of aromatic nitrogens is 4. The molecule has 0 aliphatic rings. The number of benzene rings is 2. The molecule has 0 bridgehead atoms. The molecule has 8 heteroatoms. The quantitative estimate of drug-likeness (QED) is 0.464. The van der Waals surface area contributed by atoms with Gasteiger partial charge in [0.05, 0.1) is 11.2 Å². The lowest BCUT2D eigenvalue weighted by Gasteiger charge is -2.16. The first-order chi connectivity index (χ1) is 14.6. The van der Waals surface area contributed by atoms with Gasteiger partial charge in [0.15, 0.2) is 17.5 Å². The maximum Gasteiger partial charge on any atom is 0.221 e. The third-order valence-electron chi connectivity index (χ3n) is 4.57. The highest BCUT2D eigenvalue weighted by atomic mass is 35.5. The number of nitrogens with zero attached hydrogens (tertiary/aromatic N) is 3. The number of aryl methyl sites for hydroxylation is 2. The molecule has 30 heavy (non-hydrogen) atoms. The maximum atomic E-state index is 12.6. The average molecular weight is 422 g/mol. The van der Waals surface area contributed by atoms with E-state index in [0.29, 0.717) is 34.7 Å². The van der Waals surface area contributed by atoms with Gasteiger partial charge in [-0.2, -0.15) is 5.10 Å². The monoisotopic (exact) mass is 421 g/mol. The molecule has 2 aromatic heterocycles. The van der Waals surface area contributed by atoms with Crippen LogP contribution in [0.2, 0.25) is 5.02 Å². The molecule has 0 radical (unpaired) electrons. The molecule has 1 amide bonds. The van der Waals surface area contributed by atoms with Crippen LogP contribution in [0.15, 0.2) is 65.2 Å². The average Bonchev–Trinajstić information content (AvgIpc) is 3.40. The number of carbonyl (C=O) groups excluding carboxylic acids is 1. The molecule has 4 rings (SSSR count). The summed E-state index contributed by atoms with van der Waals surface area (Å²) in [6, 6.07) is 16.6. The van der Waals surface area contributed by atoms with Crippen LogP contribution in [0.5, 0.6) is 0 Å². The smallest absolute Gasteiger partial charge is 0.221 e. The number of nitrogens with one attached hydrogen (secondary N) is 2. The van der Waals surface area contributed by atoms with Gasteiger partial charge in [0.25, 0.3) is 0 Å². The van der Waals surface area contributed by atoms with Crippen molar-refractivity contribution < 1.29 is 9.21 Å². The molecule has 4 aromatic rings. The third-order valence-corrected chi connectivity index (χ3v) is 4.90. The van der Waals surface area contributed by atoms with Gasteiger partial charge in [0, 0.05) is 18.4 Å². The van der Waals surface area contributed by atoms with Crippen LogP contribution in [0, 0.1) is 6.92 Å². The number of H-pyrrole nitrogens is 1. The van der Waals surface area contributed by atoms with Crippen molar-refractivity contribution in [1.29, 1.82) is 0 Å². The molecule has 0 aliphatic heterocycles. The molecule has 1 atom stereocenters. The van der Waals surface area contributed by atoms with Gasteiger partial charge in [-0.1, -0.05) is 54.1 Å². The van der Waals surface area contributed by atoms with Crippen LogP contribution in [0.3, 0.4) is 0 Å². The zero-order valence-corrected chi connectivity index (χ0v) is 17.1. The summed E-state index contributed by atoms with van der Waals surface area (Å²) < 4.78 is 5.77. The number of halogens is 1. The molecular formula is C22H20ClN5O2. The molecule has 2 aromatic carbocycles. The molecule has 0 saturated carbocycles. The number of carbonyl (C=O) groups is 1. The normalized spacial score (nSPS) is 11.9. The van der Waals surface area contributed by atoms with Gasteiger partial charge in [0.2, 0.25) is 5.91 Å². The van der Waals surface area contributed by atoms with Crippen molar-refractivity contribution in [1.82, 2.24) is 25.5 Å². The SMILES string of the molecule is Cc1nc(C(NC(=O)CCc2ncc(-c3ccccc3Cl)o2)c2ccccc2)n[nH]1. The van der Waals surface area contributed by atoms with Crippen molar-refractivity contribution in [2.45, 2.75) is 25.8 Å². The van der Waals surface area contributed by atoms with Gasteiger partial charge in [-0.05, 0) is 24.6 Å². The van der Waals surface area contributed by atoms with E-state index in [2.05, 4.69) is 25.5 Å². The van der Waals surface area contributed by atoms with Gasteiger partial charge in [-0.25, -0.2) is 9.97 Å². The van der Waals surface area contributed by atoms with E-state index >= 15 is 0 Å². The number of rotatable bonds is 7. The van der Waals surface area contributed by atoms with Crippen molar-refractivity contribution in [3.05, 3.63) is 88.9 Å². The number of oxazole rings is 1. The summed E-state index contributed by atoms with van der Waals surface area (Å²) in [4.78, 5) is 21.3. The Labute approximate surface area is 178 Å². The van der Waals surface area contributed by atoms with Crippen LogP contribution in [0.1, 0.15) is 35.6 Å². The Bertz CT molecular complexity index is 1140. The van der Waals surface area contributed by atoms with Gasteiger partial charge in [0.1, 0.15) is 11.9 Å². The number of aromatic amines is 1. The van der Waals surface area contributed by atoms with Crippen LogP contribution < -0.4 is 5.32 Å². The summed E-state index contributed by atoms with van der Waals surface area (Å²) in [7, 11) is 0. The Kier molecular flexibility index (Phi) is 5.90. The predicted molar refractivity (Wildman–Crippen MR) is 113 cm³/mol. The van der Waals surface area contributed by atoms with Crippen molar-refractivity contribution in [3.8, 4) is 11.3 Å². The maximum absolute atomic E-state index is 12.6. The van der Waals surface area contributed by atoms with E-state index in [1.807, 2.05) is 55.5 Å². The minimum absolute atomic E-state index is 0.149. The Morgan fingerprint density at radius 3 is 2.67 bits per heavy atom. The van der Waals surface area contributed by atoms with Crippen LogP contribution >= 0.6 is 11.6 Å². The van der Waals surface area contributed by atoms with E-state index in [1.54, 1.807) is 12.3 Å². The molecule has 0 aliphatic carbocycles. The molecule has 2 N–H and O–H groups in total. The molecule has 1 unspecified atom stereocenters. The second-order valence-electron chi connectivity index (χ2n) is 6.79. The largest absolute Gasteiger partial charge is 0.441 e. The van der Waals surface area contributed by atoms with Crippen LogP contribution in [-0.4, -0.2) is 26.1 Å². The van der Waals surface area contributed by atoms with E-state index in [9.17, 15) is 4.79 Å². The summed E-state index contributed by atoms with van der Waals surface area (Å²) in [5, 5.41) is 10.6. The summed E-state index contributed by atoms with van der Waals surface area (Å²) in [5.41, 5.74) is 1.67. The highest BCUT2D eigenvalue weighted by Crippen LogP contribution is 2.28. The lowest BCUT2D eigenvalue weighted by molar-refractivity contribution is -0.121. The second-order valence-corrected chi connectivity index (χ2v) is 7.20. The van der Waals surface area contributed by atoms with Crippen molar-refractivity contribution in [2.75, 3.05) is 0 Å². The molecule has 152 valence electrons. The summed E-state index contributed by atoms with van der Waals surface area (Å²) in [6.07, 6.45) is 2.21. The molecule has 2 heterocycles. The Morgan fingerprint density at radius 1 is 1.17 bits per heavy atom. The van der Waals surface area contributed by atoms with Crippen molar-refractivity contribution in [3.63, 3.8) is 0 Å². The van der Waals surface area contributed by atoms with Gasteiger partial charge >= 0.3 is 0 Å². The summed E-state index contributed by atoms with van der Waals surface area (Å²) >= 11 is 6.20. The molecular weight excluding hydrogens is 402 g/mol. The number of hydrogen-bond acceptors (Lipinski definition) is 5.